The Bertz CT molecular complexity index is 550. The van der Waals surface area contributed by atoms with Crippen LogP contribution in [0.15, 0.2) is 12.3 Å². The average molecular weight is 261 g/mol. The van der Waals surface area contributed by atoms with E-state index in [9.17, 15) is 0 Å². The third-order valence-corrected chi connectivity index (χ3v) is 5.12. The SMILES string of the molecule is CN1CC[C@@H]2CN(c3nc4nnccc4s3)[C@@H]2C1. The number of aromatic nitrogens is 3. The van der Waals surface area contributed by atoms with Gasteiger partial charge in [0.15, 0.2) is 10.8 Å². The Morgan fingerprint density at radius 3 is 3.22 bits per heavy atom. The third-order valence-electron chi connectivity index (χ3n) is 4.07. The van der Waals surface area contributed by atoms with Gasteiger partial charge in [-0.1, -0.05) is 11.3 Å². The van der Waals surface area contributed by atoms with Crippen molar-refractivity contribution in [3.63, 3.8) is 0 Å². The Kier molecular flexibility index (Phi) is 2.28. The number of hydrogen-bond acceptors (Lipinski definition) is 6. The molecule has 5 nitrogen and oxygen atoms in total. The molecule has 2 saturated heterocycles. The lowest BCUT2D eigenvalue weighted by molar-refractivity contribution is 0.135. The van der Waals surface area contributed by atoms with Crippen molar-refractivity contribution >= 4 is 26.8 Å². The highest BCUT2D eigenvalue weighted by Crippen LogP contribution is 2.39. The Morgan fingerprint density at radius 2 is 2.33 bits per heavy atom. The molecule has 0 amide bonds. The highest BCUT2D eigenvalue weighted by atomic mass is 32.1. The van der Waals surface area contributed by atoms with Crippen LogP contribution in [-0.2, 0) is 0 Å². The summed E-state index contributed by atoms with van der Waals surface area (Å²) in [4.78, 5) is 9.46. The predicted molar refractivity (Wildman–Crippen MR) is 71.9 cm³/mol. The van der Waals surface area contributed by atoms with Crippen molar-refractivity contribution < 1.29 is 0 Å². The van der Waals surface area contributed by atoms with Crippen molar-refractivity contribution in [1.82, 2.24) is 20.1 Å². The summed E-state index contributed by atoms with van der Waals surface area (Å²) in [5.74, 6) is 0.860. The van der Waals surface area contributed by atoms with E-state index in [1.54, 1.807) is 17.5 Å². The van der Waals surface area contributed by atoms with Gasteiger partial charge in [0.25, 0.3) is 0 Å². The van der Waals surface area contributed by atoms with Gasteiger partial charge in [-0.15, -0.1) is 5.10 Å². The van der Waals surface area contributed by atoms with E-state index in [0.29, 0.717) is 6.04 Å². The number of likely N-dealkylation sites (N-methyl/N-ethyl adjacent to an activating group) is 1. The van der Waals surface area contributed by atoms with Crippen LogP contribution in [-0.4, -0.2) is 52.8 Å². The van der Waals surface area contributed by atoms with Crippen LogP contribution in [0.5, 0.6) is 0 Å². The monoisotopic (exact) mass is 261 g/mol. The summed E-state index contributed by atoms with van der Waals surface area (Å²) in [6, 6.07) is 2.64. The lowest BCUT2D eigenvalue weighted by atomic mass is 9.83. The first-order valence-electron chi connectivity index (χ1n) is 6.35. The molecule has 2 aliphatic heterocycles. The predicted octanol–water partition coefficient (Wildman–Crippen LogP) is 1.23. The molecule has 2 aliphatic rings. The molecule has 0 aromatic carbocycles. The van der Waals surface area contributed by atoms with Gasteiger partial charge in [-0.25, -0.2) is 0 Å². The van der Waals surface area contributed by atoms with Crippen LogP contribution in [0, 0.1) is 5.92 Å². The summed E-state index contributed by atoms with van der Waals surface area (Å²) in [7, 11) is 2.20. The van der Waals surface area contributed by atoms with Gasteiger partial charge in [0.2, 0.25) is 0 Å². The summed E-state index contributed by atoms with van der Waals surface area (Å²) in [5, 5.41) is 9.08. The van der Waals surface area contributed by atoms with Crippen molar-refractivity contribution in [2.75, 3.05) is 31.6 Å². The second kappa shape index (κ2) is 3.86. The van der Waals surface area contributed by atoms with Gasteiger partial charge in [-0.2, -0.15) is 10.1 Å². The number of thiazole rings is 1. The molecule has 2 fully saturated rings. The maximum atomic E-state index is 4.60. The zero-order chi connectivity index (χ0) is 12.1. The molecule has 2 atom stereocenters. The first-order valence-corrected chi connectivity index (χ1v) is 7.16. The number of nitrogens with zero attached hydrogens (tertiary/aromatic N) is 5. The van der Waals surface area contributed by atoms with Crippen LogP contribution in [0.1, 0.15) is 6.42 Å². The number of anilines is 1. The molecule has 6 heteroatoms. The highest BCUT2D eigenvalue weighted by Gasteiger charge is 2.43. The topological polar surface area (TPSA) is 45.2 Å². The molecule has 0 N–H and O–H groups in total. The summed E-state index contributed by atoms with van der Waals surface area (Å²) in [6.45, 7) is 3.55. The molecule has 2 aromatic rings. The fraction of sp³-hybridized carbons (Fsp3) is 0.583. The normalized spacial score (nSPS) is 28.2. The molecule has 0 saturated carbocycles. The van der Waals surface area contributed by atoms with Gasteiger partial charge in [-0.05, 0) is 32.0 Å². The number of rotatable bonds is 1. The Balaban J connectivity index is 1.64. The second-order valence-corrected chi connectivity index (χ2v) is 6.26. The van der Waals surface area contributed by atoms with Gasteiger partial charge in [0.05, 0.1) is 10.9 Å². The van der Waals surface area contributed by atoms with E-state index in [0.717, 1.165) is 34.5 Å². The molecule has 2 aromatic heterocycles. The lowest BCUT2D eigenvalue weighted by Crippen LogP contribution is -2.63. The van der Waals surface area contributed by atoms with E-state index in [1.807, 2.05) is 6.07 Å². The fourth-order valence-corrected chi connectivity index (χ4v) is 3.94. The maximum absolute atomic E-state index is 4.60. The third kappa shape index (κ3) is 1.52. The van der Waals surface area contributed by atoms with Gasteiger partial charge in [0.1, 0.15) is 0 Å². The molecule has 0 spiro atoms. The van der Waals surface area contributed by atoms with E-state index < -0.39 is 0 Å². The van der Waals surface area contributed by atoms with Crippen LogP contribution < -0.4 is 4.90 Å². The molecule has 0 radical (unpaired) electrons. The average Bonchev–Trinajstić information content (AvgIpc) is 2.76. The highest BCUT2D eigenvalue weighted by molar-refractivity contribution is 7.22. The quantitative estimate of drug-likeness (QED) is 0.772. The Labute approximate surface area is 109 Å². The molecular weight excluding hydrogens is 246 g/mol. The number of likely N-dealkylation sites (tertiary alicyclic amines) is 1. The molecular formula is C12H15N5S. The van der Waals surface area contributed by atoms with E-state index >= 15 is 0 Å². The molecule has 94 valence electrons. The summed E-state index contributed by atoms with van der Waals surface area (Å²) in [6.07, 6.45) is 3.06. The summed E-state index contributed by atoms with van der Waals surface area (Å²) in [5.41, 5.74) is 0.783. The molecule has 18 heavy (non-hydrogen) atoms. The van der Waals surface area contributed by atoms with Crippen LogP contribution in [0.3, 0.4) is 0 Å². The number of fused-ring (bicyclic) bond motifs is 2. The van der Waals surface area contributed by atoms with Gasteiger partial charge in [0, 0.05) is 19.1 Å². The largest absolute Gasteiger partial charge is 0.343 e. The van der Waals surface area contributed by atoms with E-state index in [2.05, 4.69) is 32.0 Å². The van der Waals surface area contributed by atoms with Crippen molar-refractivity contribution in [3.05, 3.63) is 12.3 Å². The first kappa shape index (κ1) is 10.6. The van der Waals surface area contributed by atoms with Crippen molar-refractivity contribution in [2.24, 2.45) is 5.92 Å². The van der Waals surface area contributed by atoms with Gasteiger partial charge < -0.3 is 9.80 Å². The number of piperidine rings is 1. The molecule has 0 aliphatic carbocycles. The zero-order valence-corrected chi connectivity index (χ0v) is 11.1. The minimum Gasteiger partial charge on any atom is -0.343 e. The van der Waals surface area contributed by atoms with Crippen LogP contribution in [0.4, 0.5) is 5.13 Å². The smallest absolute Gasteiger partial charge is 0.194 e. The van der Waals surface area contributed by atoms with Gasteiger partial charge in [-0.3, -0.25) is 0 Å². The number of hydrogen-bond donors (Lipinski definition) is 0. The van der Waals surface area contributed by atoms with Crippen LogP contribution >= 0.6 is 11.3 Å². The van der Waals surface area contributed by atoms with E-state index in [-0.39, 0.29) is 0 Å². The molecule has 0 unspecified atom stereocenters. The lowest BCUT2D eigenvalue weighted by Gasteiger charge is -2.52. The van der Waals surface area contributed by atoms with E-state index in [4.69, 9.17) is 0 Å². The Morgan fingerprint density at radius 1 is 1.39 bits per heavy atom. The van der Waals surface area contributed by atoms with Crippen LogP contribution in [0.25, 0.3) is 10.3 Å². The zero-order valence-electron chi connectivity index (χ0n) is 10.3. The fourth-order valence-electron chi connectivity index (χ4n) is 2.98. The minimum absolute atomic E-state index is 0.650. The standard InChI is InChI=1S/C12H15N5S/c1-16-5-3-8-6-17(9(8)7-16)12-14-11-10(18-12)2-4-13-15-11/h2,4,8-9H,3,5-7H2,1H3/t8-,9-/m1/s1. The first-order chi connectivity index (χ1) is 8.81. The molecule has 4 heterocycles. The second-order valence-electron chi connectivity index (χ2n) is 5.25. The summed E-state index contributed by atoms with van der Waals surface area (Å²) >= 11 is 1.73. The molecule has 0 bridgehead atoms. The summed E-state index contributed by atoms with van der Waals surface area (Å²) < 4.78 is 1.13. The van der Waals surface area contributed by atoms with Crippen LogP contribution in [0.2, 0.25) is 0 Å². The molecule has 4 rings (SSSR count). The van der Waals surface area contributed by atoms with Crippen molar-refractivity contribution in [3.8, 4) is 0 Å². The van der Waals surface area contributed by atoms with Crippen molar-refractivity contribution in [2.45, 2.75) is 12.5 Å². The Hall–Kier alpha value is -1.27. The van der Waals surface area contributed by atoms with E-state index in [1.165, 1.54) is 13.0 Å². The minimum atomic E-state index is 0.650. The van der Waals surface area contributed by atoms with Gasteiger partial charge >= 0.3 is 0 Å². The van der Waals surface area contributed by atoms with Crippen molar-refractivity contribution in [1.29, 1.82) is 0 Å². The maximum Gasteiger partial charge on any atom is 0.194 e.